The quantitative estimate of drug-likeness (QED) is 0.0777. The lowest BCUT2D eigenvalue weighted by Gasteiger charge is -2.37. The number of carbonyl (C=O) groups excluding carboxylic acids is 1. The van der Waals surface area contributed by atoms with E-state index >= 15 is 0 Å². The molecule has 15 heteroatoms. The van der Waals surface area contributed by atoms with Gasteiger partial charge in [0, 0.05) is 25.3 Å². The fourth-order valence-electron chi connectivity index (χ4n) is 10.5. The highest BCUT2D eigenvalue weighted by Gasteiger charge is 2.60. The maximum absolute atomic E-state index is 13.3. The van der Waals surface area contributed by atoms with E-state index in [1.54, 1.807) is 39.8 Å². The average molecular weight is 899 g/mol. The van der Waals surface area contributed by atoms with Crippen LogP contribution in [0.2, 0.25) is 0 Å². The predicted octanol–water partition coefficient (Wildman–Crippen LogP) is 9.07. The van der Waals surface area contributed by atoms with E-state index in [0.29, 0.717) is 22.6 Å². The van der Waals surface area contributed by atoms with Crippen LogP contribution in [0.15, 0.2) is 122 Å². The topological polar surface area (TPSA) is 141 Å². The lowest BCUT2D eigenvalue weighted by Crippen LogP contribution is -2.44. The summed E-state index contributed by atoms with van der Waals surface area (Å²) in [6.45, 7) is 3.30. The van der Waals surface area contributed by atoms with E-state index in [-0.39, 0.29) is 30.0 Å². The molecular weight excluding hydrogens is 844 g/mol. The number of nitrogens with zero attached hydrogens (tertiary/aromatic N) is 5. The van der Waals surface area contributed by atoms with Gasteiger partial charge in [0.15, 0.2) is 23.2 Å². The van der Waals surface area contributed by atoms with Crippen molar-refractivity contribution in [2.45, 2.75) is 87.2 Å². The summed E-state index contributed by atoms with van der Waals surface area (Å²) in [5.74, 6) is 1.90. The molecule has 5 heterocycles. The summed E-state index contributed by atoms with van der Waals surface area (Å²) in [5.41, 5.74) is 2.64. The van der Waals surface area contributed by atoms with Gasteiger partial charge >= 0.3 is 0 Å². The molecule has 4 aliphatic rings. The first-order chi connectivity index (χ1) is 31.8. The number of imidazole rings is 1. The first-order valence-electron chi connectivity index (χ1n) is 22.5. The maximum atomic E-state index is 13.3. The van der Waals surface area contributed by atoms with Gasteiger partial charge in [0.25, 0.3) is 14.4 Å². The zero-order chi connectivity index (χ0) is 44.5. The van der Waals surface area contributed by atoms with Gasteiger partial charge in [-0.15, -0.1) is 0 Å². The molecular formula is C50H55N6O8P. The van der Waals surface area contributed by atoms with Crippen LogP contribution in [-0.2, 0) is 28.9 Å². The number of fused-ring (bicyclic) bond motifs is 2. The van der Waals surface area contributed by atoms with Crippen LogP contribution >= 0.6 is 8.53 Å². The average Bonchev–Trinajstić information content (AvgIpc) is 4.22. The van der Waals surface area contributed by atoms with E-state index in [2.05, 4.69) is 39.0 Å². The molecule has 1 aliphatic carbocycles. The van der Waals surface area contributed by atoms with Crippen molar-refractivity contribution < 1.29 is 37.5 Å². The van der Waals surface area contributed by atoms with Gasteiger partial charge in [-0.25, -0.2) is 19.6 Å². The van der Waals surface area contributed by atoms with Crippen molar-refractivity contribution in [2.24, 2.45) is 5.92 Å². The lowest BCUT2D eigenvalue weighted by atomic mass is 9.80. The number of anilines is 1. The van der Waals surface area contributed by atoms with Crippen LogP contribution in [0.4, 0.5) is 5.82 Å². The van der Waals surface area contributed by atoms with Crippen molar-refractivity contribution in [3.63, 3.8) is 0 Å². The minimum Gasteiger partial charge on any atom is -0.497 e. The number of hydrogen-bond donors (Lipinski definition) is 1. The second-order valence-corrected chi connectivity index (χ2v) is 18.7. The molecule has 4 fully saturated rings. The Bertz CT molecular complexity index is 2520. The summed E-state index contributed by atoms with van der Waals surface area (Å²) in [7, 11) is 3.50. The standard InChI is InChI=1S/C50H55N6O8P/c1-49(34-16-11-12-17-34)41-20-13-29-56(41)65(64-49)63-43-40(62-48(44(43)60-4)55-32-53-42-45(51-31-52-46(42)55)54-47(57)33-14-7-5-8-15-33)30-61-50(35-18-9-6-10-19-35,36-21-25-38(58-2)26-22-36)37-23-27-39(59-3)28-24-37/h5-10,14-15,18-19,21-28,31-32,34,40-41,43-44,48H,11-13,16-17,20,29-30H2,1-4H3,(H,51,52,54,57)/t40-,41+,43-,44-,48-,49-,65+/m1/s1. The Morgan fingerprint density at radius 3 is 2.09 bits per heavy atom. The monoisotopic (exact) mass is 898 g/mol. The molecule has 7 atom stereocenters. The van der Waals surface area contributed by atoms with Crippen molar-refractivity contribution in [1.29, 1.82) is 0 Å². The van der Waals surface area contributed by atoms with Crippen molar-refractivity contribution >= 4 is 31.4 Å². The van der Waals surface area contributed by atoms with Crippen LogP contribution in [0.25, 0.3) is 11.2 Å². The van der Waals surface area contributed by atoms with Crippen molar-refractivity contribution in [3.05, 3.63) is 144 Å². The highest BCUT2D eigenvalue weighted by Crippen LogP contribution is 2.64. The highest BCUT2D eigenvalue weighted by atomic mass is 31.2. The summed E-state index contributed by atoms with van der Waals surface area (Å²) in [4.78, 5) is 27.1. The maximum Gasteiger partial charge on any atom is 0.260 e. The number of hydrogen-bond acceptors (Lipinski definition) is 12. The summed E-state index contributed by atoms with van der Waals surface area (Å²) in [6, 6.07) is 35.4. The van der Waals surface area contributed by atoms with Crippen LogP contribution < -0.4 is 14.8 Å². The van der Waals surface area contributed by atoms with Crippen LogP contribution in [0.3, 0.4) is 0 Å². The van der Waals surface area contributed by atoms with E-state index in [0.717, 1.165) is 60.4 Å². The summed E-state index contributed by atoms with van der Waals surface area (Å²) in [5, 5.41) is 2.93. The number of methoxy groups -OCH3 is 3. The molecule has 4 aromatic carbocycles. The molecule has 338 valence electrons. The molecule has 0 spiro atoms. The number of nitrogens with one attached hydrogen (secondary N) is 1. The molecule has 10 rings (SSSR count). The number of carbonyl (C=O) groups is 1. The molecule has 2 aromatic heterocycles. The molecule has 0 unspecified atom stereocenters. The van der Waals surface area contributed by atoms with Crippen molar-refractivity contribution in [2.75, 3.05) is 39.8 Å². The predicted molar refractivity (Wildman–Crippen MR) is 246 cm³/mol. The van der Waals surface area contributed by atoms with Gasteiger partial charge in [-0.05, 0) is 91.6 Å². The Labute approximate surface area is 380 Å². The zero-order valence-corrected chi connectivity index (χ0v) is 38.0. The van der Waals surface area contributed by atoms with Gasteiger partial charge in [-0.3, -0.25) is 9.36 Å². The van der Waals surface area contributed by atoms with Gasteiger partial charge in [0.1, 0.15) is 41.7 Å². The van der Waals surface area contributed by atoms with E-state index in [1.807, 2.05) is 89.5 Å². The number of amides is 1. The third-order valence-electron chi connectivity index (χ3n) is 13.8. The van der Waals surface area contributed by atoms with Crippen molar-refractivity contribution in [3.8, 4) is 11.5 Å². The Morgan fingerprint density at radius 2 is 1.45 bits per heavy atom. The van der Waals surface area contributed by atoms with E-state index in [1.165, 1.54) is 19.2 Å². The van der Waals surface area contributed by atoms with Crippen LogP contribution in [0.5, 0.6) is 11.5 Å². The van der Waals surface area contributed by atoms with Gasteiger partial charge in [-0.2, -0.15) is 0 Å². The third kappa shape index (κ3) is 7.99. The molecule has 1 saturated carbocycles. The first-order valence-corrected chi connectivity index (χ1v) is 23.6. The molecule has 6 aromatic rings. The fraction of sp³-hybridized carbons (Fsp3) is 0.400. The third-order valence-corrected chi connectivity index (χ3v) is 15.7. The van der Waals surface area contributed by atoms with Gasteiger partial charge in [-0.1, -0.05) is 85.6 Å². The Balaban J connectivity index is 1.04. The normalized spacial score (nSPS) is 25.8. The lowest BCUT2D eigenvalue weighted by molar-refractivity contribution is -0.0937. The molecule has 1 N–H and O–H groups in total. The molecule has 0 radical (unpaired) electrons. The Morgan fingerprint density at radius 1 is 0.800 bits per heavy atom. The minimum atomic E-state index is -1.50. The molecule has 0 bridgehead atoms. The first kappa shape index (κ1) is 43.6. The van der Waals surface area contributed by atoms with E-state index < -0.39 is 38.7 Å². The number of benzene rings is 4. The summed E-state index contributed by atoms with van der Waals surface area (Å²) >= 11 is 0. The van der Waals surface area contributed by atoms with Crippen LogP contribution in [-0.4, -0.2) is 94.5 Å². The molecule has 3 aliphatic heterocycles. The van der Waals surface area contributed by atoms with Gasteiger partial charge in [0.2, 0.25) is 0 Å². The highest BCUT2D eigenvalue weighted by molar-refractivity contribution is 7.45. The number of rotatable bonds is 15. The van der Waals surface area contributed by atoms with Crippen LogP contribution in [0, 0.1) is 5.92 Å². The Kier molecular flexibility index (Phi) is 12.4. The molecule has 1 amide bonds. The largest absolute Gasteiger partial charge is 0.497 e. The number of ether oxygens (including phenoxy) is 5. The van der Waals surface area contributed by atoms with E-state index in [4.69, 9.17) is 37.7 Å². The second kappa shape index (κ2) is 18.5. The minimum absolute atomic E-state index is 0.0838. The number of aromatic nitrogens is 4. The molecule has 14 nitrogen and oxygen atoms in total. The van der Waals surface area contributed by atoms with Crippen molar-refractivity contribution in [1.82, 2.24) is 24.2 Å². The summed E-state index contributed by atoms with van der Waals surface area (Å²) < 4.78 is 51.2. The zero-order valence-electron chi connectivity index (χ0n) is 37.1. The molecule has 3 saturated heterocycles. The smallest absolute Gasteiger partial charge is 0.260 e. The SMILES string of the molecule is COc1ccc(C(OC[C@H]2O[C@@H](n3cnc4c(NC(=O)c5ccccc5)ncnc43)[C@H](OC)[C@@H]2O[P@@]2O[C@](C)(C3CCCC3)[C@@H]3CCCN32)(c2ccccc2)c2ccc(OC)cc2)cc1. The second-order valence-electron chi connectivity index (χ2n) is 17.3. The van der Waals surface area contributed by atoms with Crippen LogP contribution in [0.1, 0.15) is 78.7 Å². The van der Waals surface area contributed by atoms with E-state index in [9.17, 15) is 4.79 Å². The molecule has 65 heavy (non-hydrogen) atoms. The van der Waals surface area contributed by atoms with Gasteiger partial charge < -0.3 is 38.0 Å². The Hall–Kier alpha value is -5.31. The fourth-order valence-corrected chi connectivity index (χ4v) is 12.7. The van der Waals surface area contributed by atoms with Gasteiger partial charge in [0.05, 0.1) is 32.8 Å². The summed E-state index contributed by atoms with van der Waals surface area (Å²) in [6.07, 6.45) is 7.27.